The molecule has 0 heterocycles. The second kappa shape index (κ2) is 7.44. The van der Waals surface area contributed by atoms with Crippen LogP contribution in [-0.2, 0) is 9.53 Å². The molecule has 1 unspecified atom stereocenters. The van der Waals surface area contributed by atoms with Crippen LogP contribution in [0.5, 0.6) is 0 Å². The van der Waals surface area contributed by atoms with Crippen LogP contribution in [0.4, 0.5) is 11.4 Å². The van der Waals surface area contributed by atoms with E-state index in [9.17, 15) is 14.9 Å². The van der Waals surface area contributed by atoms with Gasteiger partial charge in [-0.15, -0.1) is 0 Å². The zero-order valence-corrected chi connectivity index (χ0v) is 11.8. The van der Waals surface area contributed by atoms with Gasteiger partial charge < -0.3 is 15.4 Å². The van der Waals surface area contributed by atoms with Crippen LogP contribution in [0.25, 0.3) is 0 Å². The lowest BCUT2D eigenvalue weighted by molar-refractivity contribution is -0.384. The minimum Gasteiger partial charge on any atom is -0.383 e. The van der Waals surface area contributed by atoms with Gasteiger partial charge in [-0.25, -0.2) is 0 Å². The number of nitro groups is 1. The Morgan fingerprint density at radius 3 is 2.75 bits per heavy atom. The summed E-state index contributed by atoms with van der Waals surface area (Å²) in [7, 11) is 1.56. The number of ether oxygens (including phenoxy) is 1. The monoisotopic (exact) mass is 281 g/mol. The van der Waals surface area contributed by atoms with E-state index in [1.165, 1.54) is 12.1 Å². The number of anilines is 1. The fraction of sp³-hybridized carbons (Fsp3) is 0.462. The van der Waals surface area contributed by atoms with Crippen molar-refractivity contribution in [1.82, 2.24) is 5.32 Å². The molecule has 1 atom stereocenters. The van der Waals surface area contributed by atoms with Crippen LogP contribution < -0.4 is 10.6 Å². The van der Waals surface area contributed by atoms with Crippen molar-refractivity contribution in [3.05, 3.63) is 33.9 Å². The van der Waals surface area contributed by atoms with E-state index in [4.69, 9.17) is 4.74 Å². The summed E-state index contributed by atoms with van der Waals surface area (Å²) >= 11 is 0. The van der Waals surface area contributed by atoms with E-state index in [0.29, 0.717) is 18.8 Å². The normalized spacial score (nSPS) is 11.8. The third-order valence-corrected chi connectivity index (χ3v) is 2.79. The number of amides is 1. The smallest absolute Gasteiger partial charge is 0.269 e. The molecular weight excluding hydrogens is 262 g/mol. The summed E-state index contributed by atoms with van der Waals surface area (Å²) in [5.74, 6) is -0.153. The summed E-state index contributed by atoms with van der Waals surface area (Å²) < 4.78 is 4.85. The Bertz CT molecular complexity index is 491. The highest BCUT2D eigenvalue weighted by molar-refractivity contribution is 5.84. The Morgan fingerprint density at radius 2 is 2.20 bits per heavy atom. The zero-order chi connectivity index (χ0) is 15.1. The lowest BCUT2D eigenvalue weighted by atomic mass is 10.1. The van der Waals surface area contributed by atoms with Gasteiger partial charge in [0.25, 0.3) is 5.69 Å². The van der Waals surface area contributed by atoms with E-state index >= 15 is 0 Å². The first-order valence-corrected chi connectivity index (χ1v) is 6.24. The van der Waals surface area contributed by atoms with Crippen LogP contribution >= 0.6 is 0 Å². The molecule has 0 aliphatic carbocycles. The van der Waals surface area contributed by atoms with E-state index < -0.39 is 11.0 Å². The summed E-state index contributed by atoms with van der Waals surface area (Å²) in [6, 6.07) is 4.04. The van der Waals surface area contributed by atoms with Crippen molar-refractivity contribution in [3.8, 4) is 0 Å². The van der Waals surface area contributed by atoms with E-state index in [-0.39, 0.29) is 11.6 Å². The Hall–Kier alpha value is -2.15. The Labute approximate surface area is 117 Å². The molecule has 0 bridgehead atoms. The van der Waals surface area contributed by atoms with Crippen molar-refractivity contribution in [2.24, 2.45) is 0 Å². The van der Waals surface area contributed by atoms with Gasteiger partial charge in [0.2, 0.25) is 5.91 Å². The first kappa shape index (κ1) is 15.9. The van der Waals surface area contributed by atoms with Gasteiger partial charge in [0, 0.05) is 31.5 Å². The van der Waals surface area contributed by atoms with Crippen LogP contribution in [0, 0.1) is 17.0 Å². The van der Waals surface area contributed by atoms with E-state index in [1.807, 2.05) is 0 Å². The maximum Gasteiger partial charge on any atom is 0.269 e. The number of carbonyl (C=O) groups excluding carboxylic acids is 1. The third kappa shape index (κ3) is 4.51. The highest BCUT2D eigenvalue weighted by atomic mass is 16.6. The highest BCUT2D eigenvalue weighted by Gasteiger charge is 2.14. The molecule has 1 rings (SSSR count). The topological polar surface area (TPSA) is 93.5 Å². The zero-order valence-electron chi connectivity index (χ0n) is 11.8. The Morgan fingerprint density at radius 1 is 1.50 bits per heavy atom. The quantitative estimate of drug-likeness (QED) is 0.448. The van der Waals surface area contributed by atoms with Gasteiger partial charge in [0.05, 0.1) is 11.5 Å². The highest BCUT2D eigenvalue weighted by Crippen LogP contribution is 2.21. The van der Waals surface area contributed by atoms with Gasteiger partial charge >= 0.3 is 0 Å². The molecule has 0 radical (unpaired) electrons. The number of nitrogens with zero attached hydrogens (tertiary/aromatic N) is 1. The minimum atomic E-state index is -0.447. The molecule has 1 aromatic rings. The standard InChI is InChI=1S/C13H19N3O4/c1-9-8-11(16(18)19)4-5-12(9)15-10(2)13(17)14-6-7-20-3/h4-5,8,10,15H,6-7H2,1-3H3,(H,14,17). The molecular formula is C13H19N3O4. The molecule has 0 aliphatic heterocycles. The van der Waals surface area contributed by atoms with Gasteiger partial charge in [0.1, 0.15) is 6.04 Å². The van der Waals surface area contributed by atoms with Crippen molar-refractivity contribution < 1.29 is 14.5 Å². The number of methoxy groups -OCH3 is 1. The molecule has 0 fully saturated rings. The number of rotatable bonds is 7. The van der Waals surface area contributed by atoms with Crippen molar-refractivity contribution in [3.63, 3.8) is 0 Å². The predicted molar refractivity (Wildman–Crippen MR) is 75.8 cm³/mol. The molecule has 0 aromatic heterocycles. The van der Waals surface area contributed by atoms with Crippen LogP contribution in [0.1, 0.15) is 12.5 Å². The molecule has 7 nitrogen and oxygen atoms in total. The van der Waals surface area contributed by atoms with Crippen LogP contribution in [0.15, 0.2) is 18.2 Å². The number of aryl methyl sites for hydroxylation is 1. The molecule has 1 aromatic carbocycles. The van der Waals surface area contributed by atoms with E-state index in [1.54, 1.807) is 27.0 Å². The molecule has 0 aliphatic rings. The summed E-state index contributed by atoms with van der Waals surface area (Å²) in [6.45, 7) is 4.38. The second-order valence-electron chi connectivity index (χ2n) is 4.41. The van der Waals surface area contributed by atoms with Crippen LogP contribution in [0.3, 0.4) is 0 Å². The number of hydrogen-bond donors (Lipinski definition) is 2. The van der Waals surface area contributed by atoms with Gasteiger partial charge in [-0.1, -0.05) is 0 Å². The molecule has 110 valence electrons. The molecule has 0 saturated heterocycles. The lowest BCUT2D eigenvalue weighted by Gasteiger charge is -2.16. The fourth-order valence-electron chi connectivity index (χ4n) is 1.65. The van der Waals surface area contributed by atoms with Crippen molar-refractivity contribution in [1.29, 1.82) is 0 Å². The molecule has 0 spiro atoms. The average molecular weight is 281 g/mol. The van der Waals surface area contributed by atoms with Crippen molar-refractivity contribution in [2.45, 2.75) is 19.9 Å². The molecule has 0 saturated carbocycles. The molecule has 20 heavy (non-hydrogen) atoms. The SMILES string of the molecule is COCCNC(=O)C(C)Nc1ccc([N+](=O)[O-])cc1C. The fourth-order valence-corrected chi connectivity index (χ4v) is 1.65. The van der Waals surface area contributed by atoms with Crippen molar-refractivity contribution >= 4 is 17.3 Å². The number of carbonyl (C=O) groups is 1. The maximum atomic E-state index is 11.8. The summed E-state index contributed by atoms with van der Waals surface area (Å²) in [4.78, 5) is 22.0. The van der Waals surface area contributed by atoms with Crippen molar-refractivity contribution in [2.75, 3.05) is 25.6 Å². The minimum absolute atomic E-state index is 0.0326. The van der Waals surface area contributed by atoms with E-state index in [2.05, 4.69) is 10.6 Å². The predicted octanol–water partition coefficient (Wildman–Crippen LogP) is 1.47. The molecule has 7 heteroatoms. The Balaban J connectivity index is 2.63. The lowest BCUT2D eigenvalue weighted by Crippen LogP contribution is -2.39. The Kier molecular flexibility index (Phi) is 5.92. The van der Waals surface area contributed by atoms with Crippen LogP contribution in [0.2, 0.25) is 0 Å². The average Bonchev–Trinajstić information content (AvgIpc) is 2.40. The third-order valence-electron chi connectivity index (χ3n) is 2.79. The molecule has 2 N–H and O–H groups in total. The van der Waals surface area contributed by atoms with Gasteiger partial charge in [0.15, 0.2) is 0 Å². The number of benzene rings is 1. The first-order valence-electron chi connectivity index (χ1n) is 6.24. The van der Waals surface area contributed by atoms with Gasteiger partial charge in [-0.2, -0.15) is 0 Å². The maximum absolute atomic E-state index is 11.8. The molecule has 1 amide bonds. The van der Waals surface area contributed by atoms with Gasteiger partial charge in [-0.3, -0.25) is 14.9 Å². The number of nitro benzene ring substituents is 1. The largest absolute Gasteiger partial charge is 0.383 e. The number of nitrogens with one attached hydrogen (secondary N) is 2. The summed E-state index contributed by atoms with van der Waals surface area (Å²) in [5, 5.41) is 16.4. The van der Waals surface area contributed by atoms with Gasteiger partial charge in [-0.05, 0) is 25.5 Å². The first-order chi connectivity index (χ1) is 9.45. The number of hydrogen-bond acceptors (Lipinski definition) is 5. The number of non-ortho nitro benzene ring substituents is 1. The van der Waals surface area contributed by atoms with Crippen LogP contribution in [-0.4, -0.2) is 37.1 Å². The second-order valence-corrected chi connectivity index (χ2v) is 4.41. The summed E-state index contributed by atoms with van der Waals surface area (Å²) in [6.07, 6.45) is 0. The van der Waals surface area contributed by atoms with E-state index in [0.717, 1.165) is 5.56 Å². The summed E-state index contributed by atoms with van der Waals surface area (Å²) in [5.41, 5.74) is 1.45.